The maximum Gasteiger partial charge on any atom is 0.258 e. The third-order valence-electron chi connectivity index (χ3n) is 2.03. The highest BCUT2D eigenvalue weighted by molar-refractivity contribution is 4.81. The summed E-state index contributed by atoms with van der Waals surface area (Å²) in [4.78, 5) is 19.0. The van der Waals surface area contributed by atoms with Crippen LogP contribution in [0.5, 0.6) is 0 Å². The minimum absolute atomic E-state index is 0.0544. The van der Waals surface area contributed by atoms with Gasteiger partial charge in [0, 0.05) is 0 Å². The van der Waals surface area contributed by atoms with Gasteiger partial charge < -0.3 is 9.47 Å². The molecule has 2 atom stereocenters. The third kappa shape index (κ3) is 1.05. The van der Waals surface area contributed by atoms with Crippen LogP contribution in [-0.4, -0.2) is 25.2 Å². The highest BCUT2D eigenvalue weighted by Gasteiger charge is 2.57. The minimum Gasteiger partial charge on any atom is -0.313 e. The smallest absolute Gasteiger partial charge is 0.258 e. The van der Waals surface area contributed by atoms with Gasteiger partial charge in [0.25, 0.3) is 11.6 Å². The molecule has 2 heterocycles. The van der Waals surface area contributed by atoms with E-state index in [1.165, 1.54) is 0 Å². The molecule has 2 aliphatic rings. The summed E-state index contributed by atoms with van der Waals surface area (Å²) in [6, 6.07) is 0. The van der Waals surface area contributed by atoms with E-state index in [2.05, 4.69) is 9.78 Å². The Kier molecular flexibility index (Phi) is 1.83. The van der Waals surface area contributed by atoms with E-state index in [1.54, 1.807) is 13.8 Å². The number of ether oxygens (including phenoxy) is 2. The van der Waals surface area contributed by atoms with Crippen molar-refractivity contribution in [3.8, 4) is 0 Å². The van der Waals surface area contributed by atoms with Crippen molar-refractivity contribution in [2.24, 2.45) is 0 Å². The lowest BCUT2D eigenvalue weighted by molar-refractivity contribution is -0.434. The maximum absolute atomic E-state index is 5.15. The Morgan fingerprint density at radius 2 is 1.25 bits per heavy atom. The highest BCUT2D eigenvalue weighted by atomic mass is 17.3. The summed E-state index contributed by atoms with van der Waals surface area (Å²) < 4.78 is 10.3. The average Bonchev–Trinajstić information content (AvgIpc) is 2.60. The van der Waals surface area contributed by atoms with E-state index in [0.717, 1.165) is 0 Å². The Bertz CT molecular complexity index is 149. The molecule has 2 fully saturated rings. The molecule has 0 N–H and O–H groups in total. The molecule has 0 aromatic heterocycles. The summed E-state index contributed by atoms with van der Waals surface area (Å²) in [6.07, 6.45) is 0. The molecule has 0 aromatic carbocycles. The van der Waals surface area contributed by atoms with Crippen LogP contribution in [0.4, 0.5) is 0 Å². The molecule has 6 nitrogen and oxygen atoms in total. The van der Waals surface area contributed by atoms with E-state index in [1.807, 2.05) is 0 Å². The lowest BCUT2D eigenvalue weighted by atomic mass is 10.1. The van der Waals surface area contributed by atoms with Crippen LogP contribution in [0.3, 0.4) is 0 Å². The molecule has 2 saturated heterocycles. The van der Waals surface area contributed by atoms with Crippen LogP contribution >= 0.6 is 0 Å². The van der Waals surface area contributed by atoms with E-state index in [-0.39, 0.29) is 13.6 Å². The molecule has 0 aliphatic carbocycles. The Hall–Kier alpha value is -0.240. The van der Waals surface area contributed by atoms with Gasteiger partial charge in [-0.3, -0.25) is 0 Å². The zero-order valence-electron chi connectivity index (χ0n) is 6.86. The largest absolute Gasteiger partial charge is 0.313 e. The van der Waals surface area contributed by atoms with Crippen LogP contribution in [0.25, 0.3) is 0 Å². The van der Waals surface area contributed by atoms with Crippen molar-refractivity contribution in [2.75, 3.05) is 13.6 Å². The van der Waals surface area contributed by atoms with Crippen LogP contribution in [0.15, 0.2) is 0 Å². The summed E-state index contributed by atoms with van der Waals surface area (Å²) in [5, 5.41) is 0. The van der Waals surface area contributed by atoms with Crippen LogP contribution in [0, 0.1) is 0 Å². The fourth-order valence-corrected chi connectivity index (χ4v) is 1.01. The zero-order valence-corrected chi connectivity index (χ0v) is 6.86. The molecule has 0 spiro atoms. The SMILES string of the molecule is CC1(C2(C)OCOO2)OCOO1. The summed E-state index contributed by atoms with van der Waals surface area (Å²) in [5.41, 5.74) is 0. The molecule has 70 valence electrons. The van der Waals surface area contributed by atoms with Crippen LogP contribution in [0.1, 0.15) is 13.8 Å². The fourth-order valence-electron chi connectivity index (χ4n) is 1.01. The second-order valence-corrected chi connectivity index (χ2v) is 2.82. The fraction of sp³-hybridized carbons (Fsp3) is 1.00. The van der Waals surface area contributed by atoms with Crippen molar-refractivity contribution in [3.63, 3.8) is 0 Å². The van der Waals surface area contributed by atoms with E-state index >= 15 is 0 Å². The zero-order chi connectivity index (χ0) is 8.66. The summed E-state index contributed by atoms with van der Waals surface area (Å²) >= 11 is 0. The van der Waals surface area contributed by atoms with Crippen molar-refractivity contribution in [1.82, 2.24) is 0 Å². The summed E-state index contributed by atoms with van der Waals surface area (Å²) in [7, 11) is 0. The maximum atomic E-state index is 5.15. The van der Waals surface area contributed by atoms with Gasteiger partial charge in [-0.05, 0) is 13.8 Å². The van der Waals surface area contributed by atoms with Gasteiger partial charge in [-0.2, -0.15) is 9.78 Å². The Labute approximate surface area is 69.1 Å². The molecule has 0 amide bonds. The molecule has 0 saturated carbocycles. The topological polar surface area (TPSA) is 55.4 Å². The van der Waals surface area contributed by atoms with Gasteiger partial charge in [0.2, 0.25) is 0 Å². The molecule has 0 aromatic rings. The third-order valence-corrected chi connectivity index (χ3v) is 2.03. The van der Waals surface area contributed by atoms with E-state index in [4.69, 9.17) is 19.2 Å². The second kappa shape index (κ2) is 2.63. The first-order valence-corrected chi connectivity index (χ1v) is 3.55. The predicted molar refractivity (Wildman–Crippen MR) is 33.1 cm³/mol. The molecule has 2 aliphatic heterocycles. The second-order valence-electron chi connectivity index (χ2n) is 2.82. The van der Waals surface area contributed by atoms with Gasteiger partial charge in [0.15, 0.2) is 13.6 Å². The normalized spacial score (nSPS) is 48.5. The highest BCUT2D eigenvalue weighted by Crippen LogP contribution is 2.38. The molecule has 12 heavy (non-hydrogen) atoms. The van der Waals surface area contributed by atoms with E-state index in [0.29, 0.717) is 0 Å². The molecule has 2 rings (SSSR count). The van der Waals surface area contributed by atoms with Crippen LogP contribution in [0.2, 0.25) is 0 Å². The van der Waals surface area contributed by atoms with E-state index < -0.39 is 11.6 Å². The van der Waals surface area contributed by atoms with Crippen LogP contribution < -0.4 is 0 Å². The molecule has 0 radical (unpaired) electrons. The van der Waals surface area contributed by atoms with Gasteiger partial charge in [-0.15, -0.1) is 0 Å². The van der Waals surface area contributed by atoms with Gasteiger partial charge in [-0.1, -0.05) is 0 Å². The Balaban J connectivity index is 2.14. The summed E-state index contributed by atoms with van der Waals surface area (Å²) in [5.74, 6) is -2.16. The Morgan fingerprint density at radius 1 is 0.833 bits per heavy atom. The van der Waals surface area contributed by atoms with Gasteiger partial charge in [0.05, 0.1) is 0 Å². The van der Waals surface area contributed by atoms with Crippen LogP contribution in [-0.2, 0) is 29.0 Å². The quantitative estimate of drug-likeness (QED) is 0.538. The molecular weight excluding hydrogens is 168 g/mol. The number of hydrogen-bond donors (Lipinski definition) is 0. The van der Waals surface area contributed by atoms with Crippen molar-refractivity contribution < 1.29 is 29.0 Å². The van der Waals surface area contributed by atoms with E-state index in [9.17, 15) is 0 Å². The first-order chi connectivity index (χ1) is 5.66. The van der Waals surface area contributed by atoms with Gasteiger partial charge >= 0.3 is 0 Å². The van der Waals surface area contributed by atoms with Crippen molar-refractivity contribution in [1.29, 1.82) is 0 Å². The molecule has 6 heteroatoms. The number of rotatable bonds is 1. The van der Waals surface area contributed by atoms with Gasteiger partial charge in [0.1, 0.15) is 0 Å². The Morgan fingerprint density at radius 3 is 1.50 bits per heavy atom. The first-order valence-electron chi connectivity index (χ1n) is 3.55. The predicted octanol–water partition coefficient (Wildman–Crippen LogP) is 0.291. The summed E-state index contributed by atoms with van der Waals surface area (Å²) in [6.45, 7) is 3.40. The monoisotopic (exact) mass is 178 g/mol. The van der Waals surface area contributed by atoms with Crippen molar-refractivity contribution in [2.45, 2.75) is 25.4 Å². The van der Waals surface area contributed by atoms with Gasteiger partial charge in [-0.25, -0.2) is 9.78 Å². The van der Waals surface area contributed by atoms with Crippen molar-refractivity contribution >= 4 is 0 Å². The number of hydrogen-bond acceptors (Lipinski definition) is 6. The first kappa shape index (κ1) is 8.36. The standard InChI is InChI=1S/C6H10O6/c1-5(7-3-9-11-5)6(2)8-4-10-12-6/h3-4H2,1-2H3. The lowest BCUT2D eigenvalue weighted by Gasteiger charge is -2.31. The average molecular weight is 178 g/mol. The molecule has 0 bridgehead atoms. The molecule has 2 unspecified atom stereocenters. The molecular formula is C6H10O6. The lowest BCUT2D eigenvalue weighted by Crippen LogP contribution is -2.51. The van der Waals surface area contributed by atoms with Crippen molar-refractivity contribution in [3.05, 3.63) is 0 Å². The minimum atomic E-state index is -1.08.